The fraction of sp³-hybridized carbons (Fsp3) is 0.684. The van der Waals surface area contributed by atoms with E-state index in [1.807, 2.05) is 0 Å². The van der Waals surface area contributed by atoms with Gasteiger partial charge in [-0.25, -0.2) is 0 Å². The summed E-state index contributed by atoms with van der Waals surface area (Å²) in [5, 5.41) is 3.75. The summed E-state index contributed by atoms with van der Waals surface area (Å²) in [5.74, 6) is 0. The van der Waals surface area contributed by atoms with Crippen molar-refractivity contribution in [1.82, 2.24) is 10.2 Å². The molecule has 2 nitrogen and oxygen atoms in total. The molecule has 2 aliphatic carbocycles. The highest BCUT2D eigenvalue weighted by molar-refractivity contribution is 5.30. The van der Waals surface area contributed by atoms with Crippen LogP contribution in [0.25, 0.3) is 0 Å². The highest BCUT2D eigenvalue weighted by Gasteiger charge is 2.36. The Hall–Kier alpha value is -0.860. The van der Waals surface area contributed by atoms with E-state index >= 15 is 0 Å². The first-order valence-corrected chi connectivity index (χ1v) is 8.96. The van der Waals surface area contributed by atoms with E-state index in [-0.39, 0.29) is 0 Å². The van der Waals surface area contributed by atoms with E-state index in [9.17, 15) is 0 Å². The van der Waals surface area contributed by atoms with Gasteiger partial charge in [0, 0.05) is 24.7 Å². The van der Waals surface area contributed by atoms with Crippen LogP contribution in [-0.4, -0.2) is 36.1 Å². The van der Waals surface area contributed by atoms with Gasteiger partial charge in [-0.15, -0.1) is 0 Å². The van der Waals surface area contributed by atoms with Gasteiger partial charge in [0.05, 0.1) is 0 Å². The maximum absolute atomic E-state index is 3.75. The molecule has 1 N–H and O–H groups in total. The second-order valence-electron chi connectivity index (χ2n) is 7.24. The van der Waals surface area contributed by atoms with Gasteiger partial charge in [0.15, 0.2) is 0 Å². The molecule has 1 aliphatic heterocycles. The maximum atomic E-state index is 3.75. The minimum Gasteiger partial charge on any atom is -0.313 e. The fourth-order valence-corrected chi connectivity index (χ4v) is 4.30. The Morgan fingerprint density at radius 2 is 1.81 bits per heavy atom. The van der Waals surface area contributed by atoms with E-state index in [2.05, 4.69) is 34.5 Å². The standard InChI is InChI=1S/C19H28N2/c1-2-6-16-13-19(9-8-15(16)5-1)21(18-10-11-18)14-17-7-3-4-12-20-17/h1-2,5-6,17-20H,3-4,7-14H2. The van der Waals surface area contributed by atoms with Crippen molar-refractivity contribution in [3.8, 4) is 0 Å². The molecule has 3 aliphatic rings. The molecule has 1 saturated heterocycles. The quantitative estimate of drug-likeness (QED) is 0.913. The number of hydrogen-bond acceptors (Lipinski definition) is 2. The Balaban J connectivity index is 1.45. The summed E-state index contributed by atoms with van der Waals surface area (Å²) < 4.78 is 0. The molecule has 2 unspecified atom stereocenters. The summed E-state index contributed by atoms with van der Waals surface area (Å²) in [6.45, 7) is 2.52. The van der Waals surface area contributed by atoms with Crippen LogP contribution in [0.5, 0.6) is 0 Å². The fourth-order valence-electron chi connectivity index (χ4n) is 4.30. The Morgan fingerprint density at radius 3 is 2.57 bits per heavy atom. The highest BCUT2D eigenvalue weighted by atomic mass is 15.2. The first-order chi connectivity index (χ1) is 10.4. The van der Waals surface area contributed by atoms with E-state index < -0.39 is 0 Å². The maximum Gasteiger partial charge on any atom is 0.0195 e. The Bertz CT molecular complexity index is 474. The largest absolute Gasteiger partial charge is 0.313 e. The van der Waals surface area contributed by atoms with Crippen molar-refractivity contribution in [1.29, 1.82) is 0 Å². The monoisotopic (exact) mass is 284 g/mol. The summed E-state index contributed by atoms with van der Waals surface area (Å²) in [6.07, 6.45) is 11.0. The number of nitrogens with zero attached hydrogens (tertiary/aromatic N) is 1. The topological polar surface area (TPSA) is 15.3 Å². The van der Waals surface area contributed by atoms with Crippen molar-refractivity contribution >= 4 is 0 Å². The number of benzene rings is 1. The zero-order valence-corrected chi connectivity index (χ0v) is 13.1. The van der Waals surface area contributed by atoms with E-state index in [0.29, 0.717) is 0 Å². The van der Waals surface area contributed by atoms with Crippen molar-refractivity contribution in [2.45, 2.75) is 69.5 Å². The average molecular weight is 284 g/mol. The molecule has 0 radical (unpaired) electrons. The molecule has 4 rings (SSSR count). The third-order valence-electron chi connectivity index (χ3n) is 5.65. The molecule has 114 valence electrons. The predicted molar refractivity (Wildman–Crippen MR) is 87.6 cm³/mol. The van der Waals surface area contributed by atoms with Gasteiger partial charge in [-0.3, -0.25) is 4.90 Å². The predicted octanol–water partition coefficient (Wildman–Crippen LogP) is 3.15. The van der Waals surface area contributed by atoms with Gasteiger partial charge in [-0.05, 0) is 62.6 Å². The van der Waals surface area contributed by atoms with Crippen LogP contribution in [-0.2, 0) is 12.8 Å². The lowest BCUT2D eigenvalue weighted by Gasteiger charge is -2.38. The minimum absolute atomic E-state index is 0.747. The second kappa shape index (κ2) is 6.10. The van der Waals surface area contributed by atoms with Crippen LogP contribution in [0.1, 0.15) is 49.7 Å². The molecule has 1 aromatic rings. The smallest absolute Gasteiger partial charge is 0.0195 e. The lowest BCUT2D eigenvalue weighted by Crippen LogP contribution is -2.49. The van der Waals surface area contributed by atoms with E-state index in [0.717, 1.165) is 18.1 Å². The number of nitrogens with one attached hydrogen (secondary N) is 1. The second-order valence-corrected chi connectivity index (χ2v) is 7.24. The molecule has 2 atom stereocenters. The van der Waals surface area contributed by atoms with Crippen LogP contribution < -0.4 is 5.32 Å². The zero-order valence-electron chi connectivity index (χ0n) is 13.1. The lowest BCUT2D eigenvalue weighted by atomic mass is 9.87. The summed E-state index contributed by atoms with van der Waals surface area (Å²) >= 11 is 0. The van der Waals surface area contributed by atoms with Gasteiger partial charge < -0.3 is 5.32 Å². The van der Waals surface area contributed by atoms with E-state index in [1.54, 1.807) is 11.1 Å². The zero-order chi connectivity index (χ0) is 14.1. The number of hydrogen-bond donors (Lipinski definition) is 1. The molecule has 1 saturated carbocycles. The van der Waals surface area contributed by atoms with Crippen LogP contribution in [0.4, 0.5) is 0 Å². The number of fused-ring (bicyclic) bond motifs is 1. The number of rotatable bonds is 4. The van der Waals surface area contributed by atoms with Gasteiger partial charge in [0.2, 0.25) is 0 Å². The Morgan fingerprint density at radius 1 is 0.952 bits per heavy atom. The molecule has 2 heteroatoms. The number of aryl methyl sites for hydroxylation is 1. The molecular weight excluding hydrogens is 256 g/mol. The van der Waals surface area contributed by atoms with Crippen molar-refractivity contribution in [3.05, 3.63) is 35.4 Å². The first kappa shape index (κ1) is 13.8. The van der Waals surface area contributed by atoms with Gasteiger partial charge in [-0.2, -0.15) is 0 Å². The third-order valence-corrected chi connectivity index (χ3v) is 5.65. The molecule has 1 aromatic carbocycles. The van der Waals surface area contributed by atoms with Gasteiger partial charge in [0.1, 0.15) is 0 Å². The van der Waals surface area contributed by atoms with E-state index in [1.165, 1.54) is 64.5 Å². The minimum atomic E-state index is 0.747. The lowest BCUT2D eigenvalue weighted by molar-refractivity contribution is 0.144. The van der Waals surface area contributed by atoms with Crippen LogP contribution in [0.15, 0.2) is 24.3 Å². The van der Waals surface area contributed by atoms with Crippen LogP contribution in [0.2, 0.25) is 0 Å². The average Bonchev–Trinajstić information content (AvgIpc) is 3.38. The molecule has 1 heterocycles. The normalized spacial score (nSPS) is 29.4. The third kappa shape index (κ3) is 3.17. The Kier molecular flexibility index (Phi) is 4.00. The SMILES string of the molecule is c1ccc2c(c1)CCC(N(CC1CCCCN1)C1CC1)C2. The summed E-state index contributed by atoms with van der Waals surface area (Å²) in [6, 6.07) is 11.5. The molecule has 2 fully saturated rings. The summed E-state index contributed by atoms with van der Waals surface area (Å²) in [5.41, 5.74) is 3.20. The molecule has 0 spiro atoms. The van der Waals surface area contributed by atoms with Gasteiger partial charge in [-0.1, -0.05) is 30.7 Å². The summed E-state index contributed by atoms with van der Waals surface area (Å²) in [7, 11) is 0. The van der Waals surface area contributed by atoms with Crippen LogP contribution in [0, 0.1) is 0 Å². The van der Waals surface area contributed by atoms with Crippen molar-refractivity contribution < 1.29 is 0 Å². The Labute approximate surface area is 128 Å². The van der Waals surface area contributed by atoms with Crippen molar-refractivity contribution in [3.63, 3.8) is 0 Å². The van der Waals surface area contributed by atoms with Crippen LogP contribution >= 0.6 is 0 Å². The molecule has 0 bridgehead atoms. The molecular formula is C19H28N2. The van der Waals surface area contributed by atoms with Crippen LogP contribution in [0.3, 0.4) is 0 Å². The van der Waals surface area contributed by atoms with E-state index in [4.69, 9.17) is 0 Å². The highest BCUT2D eigenvalue weighted by Crippen LogP contribution is 2.34. The molecule has 0 amide bonds. The molecule has 0 aromatic heterocycles. The van der Waals surface area contributed by atoms with Gasteiger partial charge >= 0.3 is 0 Å². The van der Waals surface area contributed by atoms with Crippen molar-refractivity contribution in [2.24, 2.45) is 0 Å². The van der Waals surface area contributed by atoms with Crippen molar-refractivity contribution in [2.75, 3.05) is 13.1 Å². The summed E-state index contributed by atoms with van der Waals surface area (Å²) in [4.78, 5) is 2.87. The van der Waals surface area contributed by atoms with Gasteiger partial charge in [0.25, 0.3) is 0 Å². The molecule has 21 heavy (non-hydrogen) atoms. The number of piperidine rings is 1. The first-order valence-electron chi connectivity index (χ1n) is 8.96.